The first kappa shape index (κ1) is 10.5. The van der Waals surface area contributed by atoms with Crippen LogP contribution in [-0.2, 0) is 0 Å². The predicted octanol–water partition coefficient (Wildman–Crippen LogP) is 1.64. The molecule has 3 N–H and O–H groups in total. The van der Waals surface area contributed by atoms with Gasteiger partial charge in [0.2, 0.25) is 0 Å². The summed E-state index contributed by atoms with van der Waals surface area (Å²) in [4.78, 5) is 0. The summed E-state index contributed by atoms with van der Waals surface area (Å²) in [6.45, 7) is 1.95. The van der Waals surface area contributed by atoms with Crippen molar-refractivity contribution in [2.45, 2.75) is 51.2 Å². The van der Waals surface area contributed by atoms with E-state index >= 15 is 0 Å². The third-order valence-corrected chi connectivity index (χ3v) is 3.24. The quantitative estimate of drug-likeness (QED) is 0.691. The maximum atomic E-state index is 10.0. The van der Waals surface area contributed by atoms with E-state index in [0.717, 1.165) is 24.8 Å². The first-order valence-electron chi connectivity index (χ1n) is 5.68. The molecule has 1 heterocycles. The van der Waals surface area contributed by atoms with Crippen LogP contribution in [0.3, 0.4) is 0 Å². The second-order valence-electron chi connectivity index (χ2n) is 4.45. The van der Waals surface area contributed by atoms with E-state index in [-0.39, 0.29) is 12.1 Å². The number of hydrogen-bond donors (Lipinski definition) is 2. The number of rotatable bonds is 1. The van der Waals surface area contributed by atoms with Gasteiger partial charge in [0.1, 0.15) is 5.82 Å². The summed E-state index contributed by atoms with van der Waals surface area (Å²) in [6.07, 6.45) is 7.04. The van der Waals surface area contributed by atoms with Crippen LogP contribution in [0.4, 0.5) is 5.82 Å². The molecule has 15 heavy (non-hydrogen) atoms. The molecule has 0 spiro atoms. The fourth-order valence-electron chi connectivity index (χ4n) is 2.24. The highest BCUT2D eigenvalue weighted by Gasteiger charge is 2.24. The minimum atomic E-state index is -0.272. The summed E-state index contributed by atoms with van der Waals surface area (Å²) in [5.41, 5.74) is 6.71. The van der Waals surface area contributed by atoms with Crippen LogP contribution in [0.1, 0.15) is 43.7 Å². The van der Waals surface area contributed by atoms with Gasteiger partial charge in [-0.1, -0.05) is 19.3 Å². The molecule has 0 aromatic carbocycles. The molecule has 4 heteroatoms. The average Bonchev–Trinajstić information content (AvgIpc) is 2.41. The Morgan fingerprint density at radius 1 is 1.40 bits per heavy atom. The summed E-state index contributed by atoms with van der Waals surface area (Å²) in [7, 11) is 0. The van der Waals surface area contributed by atoms with Crippen molar-refractivity contribution in [3.8, 4) is 0 Å². The van der Waals surface area contributed by atoms with Gasteiger partial charge < -0.3 is 10.8 Å². The number of nitrogens with zero attached hydrogens (tertiary/aromatic N) is 2. The minimum Gasteiger partial charge on any atom is -0.391 e. The Labute approximate surface area is 90.1 Å². The maximum Gasteiger partial charge on any atom is 0.148 e. The molecule has 1 saturated carbocycles. The summed E-state index contributed by atoms with van der Waals surface area (Å²) in [5.74, 6) is 0.575. The molecule has 2 unspecified atom stereocenters. The third-order valence-electron chi connectivity index (χ3n) is 3.24. The lowest BCUT2D eigenvalue weighted by molar-refractivity contribution is 0.0992. The summed E-state index contributed by atoms with van der Waals surface area (Å²) in [6, 6.07) is 0.114. The van der Waals surface area contributed by atoms with E-state index < -0.39 is 0 Å². The second-order valence-corrected chi connectivity index (χ2v) is 4.45. The predicted molar refractivity (Wildman–Crippen MR) is 59.5 cm³/mol. The summed E-state index contributed by atoms with van der Waals surface area (Å²) >= 11 is 0. The second kappa shape index (κ2) is 4.23. The van der Waals surface area contributed by atoms with Gasteiger partial charge in [-0.2, -0.15) is 5.10 Å². The van der Waals surface area contributed by atoms with Crippen LogP contribution in [0.15, 0.2) is 6.20 Å². The molecule has 84 valence electrons. The van der Waals surface area contributed by atoms with Crippen molar-refractivity contribution < 1.29 is 5.11 Å². The monoisotopic (exact) mass is 209 g/mol. The molecule has 1 aliphatic carbocycles. The van der Waals surface area contributed by atoms with Gasteiger partial charge in [0, 0.05) is 11.8 Å². The number of aliphatic hydroxyl groups excluding tert-OH is 1. The molecule has 1 aromatic heterocycles. The molecule has 4 nitrogen and oxygen atoms in total. The van der Waals surface area contributed by atoms with E-state index in [9.17, 15) is 5.11 Å². The molecule has 0 amide bonds. The zero-order valence-corrected chi connectivity index (χ0v) is 9.19. The molecule has 0 aliphatic heterocycles. The van der Waals surface area contributed by atoms with Crippen molar-refractivity contribution in [2.75, 3.05) is 5.73 Å². The minimum absolute atomic E-state index is 0.114. The third kappa shape index (κ3) is 2.15. The van der Waals surface area contributed by atoms with E-state index in [2.05, 4.69) is 5.10 Å². The molecule has 0 saturated heterocycles. The first-order valence-corrected chi connectivity index (χ1v) is 5.68. The van der Waals surface area contributed by atoms with E-state index in [1.54, 1.807) is 0 Å². The van der Waals surface area contributed by atoms with Gasteiger partial charge in [-0.3, -0.25) is 4.68 Å². The standard InChI is InChI=1S/C11H19N3O/c1-8-7-14(13-11(8)12)9-5-3-2-4-6-10(9)15/h7,9-10,15H,2-6H2,1H3,(H2,12,13). The zero-order valence-electron chi connectivity index (χ0n) is 9.19. The van der Waals surface area contributed by atoms with E-state index in [0.29, 0.717) is 5.82 Å². The fraction of sp³-hybridized carbons (Fsp3) is 0.727. The molecule has 1 fully saturated rings. The van der Waals surface area contributed by atoms with Crippen molar-refractivity contribution in [1.82, 2.24) is 9.78 Å². The van der Waals surface area contributed by atoms with Gasteiger partial charge in [-0.15, -0.1) is 0 Å². The van der Waals surface area contributed by atoms with E-state index in [1.807, 2.05) is 17.8 Å². The molecule has 1 aromatic rings. The van der Waals surface area contributed by atoms with E-state index in [1.165, 1.54) is 12.8 Å². The fourth-order valence-corrected chi connectivity index (χ4v) is 2.24. The molecular weight excluding hydrogens is 190 g/mol. The van der Waals surface area contributed by atoms with Gasteiger partial charge in [0.05, 0.1) is 12.1 Å². The molecular formula is C11H19N3O. The molecule has 0 bridgehead atoms. The van der Waals surface area contributed by atoms with Crippen LogP contribution < -0.4 is 5.73 Å². The highest BCUT2D eigenvalue weighted by Crippen LogP contribution is 2.28. The average molecular weight is 209 g/mol. The largest absolute Gasteiger partial charge is 0.391 e. The Kier molecular flexibility index (Phi) is 2.95. The number of nitrogens with two attached hydrogens (primary N) is 1. The zero-order chi connectivity index (χ0) is 10.8. The summed E-state index contributed by atoms with van der Waals surface area (Å²) in [5, 5.41) is 14.3. The lowest BCUT2D eigenvalue weighted by Crippen LogP contribution is -2.23. The van der Waals surface area contributed by atoms with Crippen LogP contribution in [0, 0.1) is 6.92 Å². The topological polar surface area (TPSA) is 64.1 Å². The summed E-state index contributed by atoms with van der Waals surface area (Å²) < 4.78 is 1.85. The number of anilines is 1. The van der Waals surface area contributed by atoms with Gasteiger partial charge in [0.15, 0.2) is 0 Å². The normalized spacial score (nSPS) is 27.6. The van der Waals surface area contributed by atoms with Crippen LogP contribution in [0.5, 0.6) is 0 Å². The Morgan fingerprint density at radius 2 is 2.13 bits per heavy atom. The van der Waals surface area contributed by atoms with E-state index in [4.69, 9.17) is 5.73 Å². The highest BCUT2D eigenvalue weighted by molar-refractivity contribution is 5.35. The number of nitrogen functional groups attached to an aromatic ring is 1. The smallest absolute Gasteiger partial charge is 0.148 e. The maximum absolute atomic E-state index is 10.0. The molecule has 2 rings (SSSR count). The van der Waals surface area contributed by atoms with Gasteiger partial charge in [-0.05, 0) is 19.8 Å². The Balaban J connectivity index is 2.20. The van der Waals surface area contributed by atoms with Crippen molar-refractivity contribution >= 4 is 5.82 Å². The SMILES string of the molecule is Cc1cn(C2CCCCCC2O)nc1N. The van der Waals surface area contributed by atoms with Crippen LogP contribution in [0.25, 0.3) is 0 Å². The molecule has 2 atom stereocenters. The first-order chi connectivity index (χ1) is 7.18. The number of aryl methyl sites for hydroxylation is 1. The lowest BCUT2D eigenvalue weighted by atomic mass is 10.1. The van der Waals surface area contributed by atoms with Gasteiger partial charge >= 0.3 is 0 Å². The van der Waals surface area contributed by atoms with Crippen molar-refractivity contribution in [3.05, 3.63) is 11.8 Å². The molecule has 0 radical (unpaired) electrons. The Hall–Kier alpha value is -1.03. The Morgan fingerprint density at radius 3 is 2.80 bits per heavy atom. The van der Waals surface area contributed by atoms with Gasteiger partial charge in [-0.25, -0.2) is 0 Å². The van der Waals surface area contributed by atoms with Crippen LogP contribution in [0.2, 0.25) is 0 Å². The van der Waals surface area contributed by atoms with Crippen molar-refractivity contribution in [2.24, 2.45) is 0 Å². The Bertz CT molecular complexity index is 315. The number of aromatic nitrogens is 2. The van der Waals surface area contributed by atoms with Crippen LogP contribution in [-0.4, -0.2) is 21.0 Å². The van der Waals surface area contributed by atoms with Gasteiger partial charge in [0.25, 0.3) is 0 Å². The van der Waals surface area contributed by atoms with Crippen molar-refractivity contribution in [1.29, 1.82) is 0 Å². The lowest BCUT2D eigenvalue weighted by Gasteiger charge is -2.20. The highest BCUT2D eigenvalue weighted by atomic mass is 16.3. The molecule has 1 aliphatic rings. The van der Waals surface area contributed by atoms with Crippen LogP contribution >= 0.6 is 0 Å². The number of hydrogen-bond acceptors (Lipinski definition) is 3. The number of aliphatic hydroxyl groups is 1. The van der Waals surface area contributed by atoms with Crippen molar-refractivity contribution in [3.63, 3.8) is 0 Å².